The summed E-state index contributed by atoms with van der Waals surface area (Å²) >= 11 is 2.25. The highest BCUT2D eigenvalue weighted by Crippen LogP contribution is 2.27. The zero-order chi connectivity index (χ0) is 16.1. The first-order valence-corrected chi connectivity index (χ1v) is 8.68. The molecule has 23 heavy (non-hydrogen) atoms. The lowest BCUT2D eigenvalue weighted by atomic mass is 10.1. The van der Waals surface area contributed by atoms with Crippen molar-refractivity contribution < 1.29 is 19.3 Å². The van der Waals surface area contributed by atoms with Crippen molar-refractivity contribution in [2.24, 2.45) is 0 Å². The molecule has 0 spiro atoms. The van der Waals surface area contributed by atoms with Gasteiger partial charge >= 0.3 is 0 Å². The molecule has 2 aromatic rings. The zero-order valence-electron chi connectivity index (χ0n) is 12.7. The molecule has 1 heterocycles. The van der Waals surface area contributed by atoms with Crippen molar-refractivity contribution in [2.75, 3.05) is 19.8 Å². The molecule has 1 saturated heterocycles. The number of rotatable bonds is 5. The van der Waals surface area contributed by atoms with Crippen LogP contribution in [0, 0.1) is 3.57 Å². The molecule has 0 amide bonds. The van der Waals surface area contributed by atoms with Gasteiger partial charge in [0, 0.05) is 12.2 Å². The van der Waals surface area contributed by atoms with Gasteiger partial charge in [-0.2, -0.15) is 0 Å². The quantitative estimate of drug-likeness (QED) is 0.746. The van der Waals surface area contributed by atoms with Gasteiger partial charge in [-0.1, -0.05) is 36.4 Å². The maximum Gasteiger partial charge on any atom is 0.184 e. The molecule has 1 fully saturated rings. The summed E-state index contributed by atoms with van der Waals surface area (Å²) < 4.78 is 18.5. The van der Waals surface area contributed by atoms with Crippen LogP contribution < -0.4 is 4.74 Å². The van der Waals surface area contributed by atoms with Crippen LogP contribution in [0.4, 0.5) is 0 Å². The van der Waals surface area contributed by atoms with Gasteiger partial charge in [0.05, 0.1) is 16.8 Å². The number of aliphatic hydroxyl groups is 1. The second-order valence-electron chi connectivity index (χ2n) is 5.39. The molecule has 5 heteroatoms. The van der Waals surface area contributed by atoms with Gasteiger partial charge in [0.25, 0.3) is 0 Å². The average molecular weight is 426 g/mol. The third-order valence-corrected chi connectivity index (χ3v) is 4.47. The Balaban J connectivity index is 1.56. The van der Waals surface area contributed by atoms with Gasteiger partial charge < -0.3 is 19.3 Å². The topological polar surface area (TPSA) is 47.9 Å². The lowest BCUT2D eigenvalue weighted by molar-refractivity contribution is -0.215. The lowest BCUT2D eigenvalue weighted by Gasteiger charge is -2.30. The number of ether oxygens (including phenoxy) is 3. The summed E-state index contributed by atoms with van der Waals surface area (Å²) in [5.74, 6) is 0.822. The Morgan fingerprint density at radius 3 is 2.48 bits per heavy atom. The SMILES string of the molecule is OCCc1ccc(OC2COC(c3ccccc3)OC2)c(I)c1. The summed E-state index contributed by atoms with van der Waals surface area (Å²) in [6.07, 6.45) is 0.222. The van der Waals surface area contributed by atoms with Crippen molar-refractivity contribution >= 4 is 22.6 Å². The summed E-state index contributed by atoms with van der Waals surface area (Å²) in [6, 6.07) is 15.9. The lowest BCUT2D eigenvalue weighted by Crippen LogP contribution is -2.35. The largest absolute Gasteiger partial charge is 0.484 e. The van der Waals surface area contributed by atoms with Crippen LogP contribution in [-0.2, 0) is 15.9 Å². The second kappa shape index (κ2) is 8.10. The Kier molecular flexibility index (Phi) is 5.88. The summed E-state index contributed by atoms with van der Waals surface area (Å²) in [5.41, 5.74) is 2.12. The minimum absolute atomic E-state index is 0.118. The Bertz CT molecular complexity index is 624. The van der Waals surface area contributed by atoms with Crippen LogP contribution >= 0.6 is 22.6 Å². The minimum Gasteiger partial charge on any atom is -0.484 e. The molecule has 1 aliphatic heterocycles. The highest BCUT2D eigenvalue weighted by Gasteiger charge is 2.25. The van der Waals surface area contributed by atoms with E-state index < -0.39 is 0 Å². The van der Waals surface area contributed by atoms with Crippen molar-refractivity contribution in [3.63, 3.8) is 0 Å². The molecule has 3 rings (SSSR count). The highest BCUT2D eigenvalue weighted by atomic mass is 127. The number of benzene rings is 2. The molecule has 0 aromatic heterocycles. The molecule has 0 bridgehead atoms. The van der Waals surface area contributed by atoms with Crippen LogP contribution in [-0.4, -0.2) is 31.0 Å². The molecular weight excluding hydrogens is 407 g/mol. The zero-order valence-corrected chi connectivity index (χ0v) is 14.8. The first kappa shape index (κ1) is 16.7. The predicted molar refractivity (Wildman–Crippen MR) is 95.5 cm³/mol. The first-order chi connectivity index (χ1) is 11.3. The van der Waals surface area contributed by atoms with E-state index in [1.807, 2.05) is 48.5 Å². The summed E-state index contributed by atoms with van der Waals surface area (Å²) in [5, 5.41) is 8.99. The van der Waals surface area contributed by atoms with E-state index in [0.717, 1.165) is 20.4 Å². The van der Waals surface area contributed by atoms with Crippen LogP contribution in [0.5, 0.6) is 5.75 Å². The van der Waals surface area contributed by atoms with E-state index in [1.54, 1.807) is 0 Å². The molecule has 0 radical (unpaired) electrons. The fourth-order valence-electron chi connectivity index (χ4n) is 2.46. The van der Waals surface area contributed by atoms with E-state index in [-0.39, 0.29) is 19.0 Å². The van der Waals surface area contributed by atoms with E-state index in [2.05, 4.69) is 22.6 Å². The van der Waals surface area contributed by atoms with Crippen LogP contribution in [0.1, 0.15) is 17.4 Å². The standard InChI is InChI=1S/C18H19IO4/c19-16-10-13(8-9-20)6-7-17(16)23-15-11-21-18(22-12-15)14-4-2-1-3-5-14/h1-7,10,15,18,20H,8-9,11-12H2. The predicted octanol–water partition coefficient (Wildman–Crippen LogP) is 3.32. The van der Waals surface area contributed by atoms with Crippen molar-refractivity contribution in [3.8, 4) is 5.75 Å². The van der Waals surface area contributed by atoms with Gasteiger partial charge in [-0.25, -0.2) is 0 Å². The first-order valence-electron chi connectivity index (χ1n) is 7.60. The van der Waals surface area contributed by atoms with Gasteiger partial charge in [0.2, 0.25) is 0 Å². The summed E-state index contributed by atoms with van der Waals surface area (Å²) in [7, 11) is 0. The second-order valence-corrected chi connectivity index (χ2v) is 6.55. The van der Waals surface area contributed by atoms with Crippen molar-refractivity contribution in [1.29, 1.82) is 0 Å². The van der Waals surface area contributed by atoms with Crippen molar-refractivity contribution in [1.82, 2.24) is 0 Å². The molecular formula is C18H19IO4. The third-order valence-electron chi connectivity index (χ3n) is 3.63. The van der Waals surface area contributed by atoms with Crippen LogP contribution in [0.25, 0.3) is 0 Å². The minimum atomic E-state index is -0.318. The van der Waals surface area contributed by atoms with E-state index in [1.165, 1.54) is 0 Å². The molecule has 0 unspecified atom stereocenters. The van der Waals surface area contributed by atoms with E-state index >= 15 is 0 Å². The molecule has 122 valence electrons. The van der Waals surface area contributed by atoms with Crippen LogP contribution in [0.3, 0.4) is 0 Å². The number of aliphatic hydroxyl groups excluding tert-OH is 1. The van der Waals surface area contributed by atoms with Crippen molar-refractivity contribution in [2.45, 2.75) is 18.8 Å². The van der Waals surface area contributed by atoms with Gasteiger partial charge in [-0.3, -0.25) is 0 Å². The Labute approximate surface area is 149 Å². The van der Waals surface area contributed by atoms with E-state index in [0.29, 0.717) is 19.6 Å². The van der Waals surface area contributed by atoms with E-state index in [9.17, 15) is 0 Å². The smallest absolute Gasteiger partial charge is 0.184 e. The van der Waals surface area contributed by atoms with Crippen molar-refractivity contribution in [3.05, 3.63) is 63.2 Å². The van der Waals surface area contributed by atoms with Crippen LogP contribution in [0.2, 0.25) is 0 Å². The monoisotopic (exact) mass is 426 g/mol. The number of halogens is 1. The maximum absolute atomic E-state index is 8.99. The van der Waals surface area contributed by atoms with Gasteiger partial charge in [0.1, 0.15) is 11.9 Å². The van der Waals surface area contributed by atoms with Gasteiger partial charge in [-0.15, -0.1) is 0 Å². The third kappa shape index (κ3) is 4.44. The molecule has 0 aliphatic carbocycles. The summed E-state index contributed by atoms with van der Waals surface area (Å²) in [6.45, 7) is 1.14. The molecule has 1 aliphatic rings. The Morgan fingerprint density at radius 2 is 1.83 bits per heavy atom. The number of hydrogen-bond donors (Lipinski definition) is 1. The summed E-state index contributed by atoms with van der Waals surface area (Å²) in [4.78, 5) is 0. The van der Waals surface area contributed by atoms with Gasteiger partial charge in [0.15, 0.2) is 6.29 Å². The number of hydrogen-bond acceptors (Lipinski definition) is 4. The fraction of sp³-hybridized carbons (Fsp3) is 0.333. The molecule has 0 saturated carbocycles. The fourth-order valence-corrected chi connectivity index (χ4v) is 3.17. The van der Waals surface area contributed by atoms with Gasteiger partial charge in [-0.05, 0) is 46.7 Å². The molecule has 4 nitrogen and oxygen atoms in total. The highest BCUT2D eigenvalue weighted by molar-refractivity contribution is 14.1. The normalized spacial score (nSPS) is 21.1. The molecule has 2 aromatic carbocycles. The van der Waals surface area contributed by atoms with E-state index in [4.69, 9.17) is 19.3 Å². The Hall–Kier alpha value is -1.15. The maximum atomic E-state index is 8.99. The molecule has 1 N–H and O–H groups in total. The molecule has 0 atom stereocenters. The Morgan fingerprint density at radius 1 is 1.09 bits per heavy atom. The van der Waals surface area contributed by atoms with Crippen LogP contribution in [0.15, 0.2) is 48.5 Å². The average Bonchev–Trinajstić information content (AvgIpc) is 2.59.